The number of nitrogens with zero attached hydrogens (tertiary/aromatic N) is 2. The second-order valence-corrected chi connectivity index (χ2v) is 19.0. The molecule has 308 valence electrons. The molecule has 0 radical (unpaired) electrons. The number of allylic oxidation sites excluding steroid dienone is 1. The van der Waals surface area contributed by atoms with Gasteiger partial charge in [-0.2, -0.15) is 10.2 Å². The minimum atomic E-state index is -0.241. The number of fused-ring (bicyclic) bond motifs is 5. The molecule has 56 heavy (non-hydrogen) atoms. The highest BCUT2D eigenvalue weighted by Crippen LogP contribution is 2.67. The number of hydrogen-bond acceptors (Lipinski definition) is 7. The molecule has 4 aliphatic rings. The molecule has 0 unspecified atom stereocenters. The lowest BCUT2D eigenvalue weighted by molar-refractivity contribution is -0.0594. The first kappa shape index (κ1) is 42.6. The Morgan fingerprint density at radius 3 is 2.25 bits per heavy atom. The largest absolute Gasteiger partial charge is 0.494 e. The van der Waals surface area contributed by atoms with Crippen molar-refractivity contribution in [2.24, 2.45) is 62.3 Å². The Morgan fingerprint density at radius 2 is 1.54 bits per heavy atom. The summed E-state index contributed by atoms with van der Waals surface area (Å²) in [7, 11) is 0. The van der Waals surface area contributed by atoms with Gasteiger partial charge in [0.1, 0.15) is 11.9 Å². The van der Waals surface area contributed by atoms with E-state index in [2.05, 4.69) is 56.2 Å². The summed E-state index contributed by atoms with van der Waals surface area (Å²) in [5.74, 6) is 5.59. The SMILES string of the molecule is CC(C)CCC[C@@H](C)[C@H]1CC[C@H]2[C@@H]3CC=C4C[C@@H](OC(=O)c5ccc(N=Nc6ccc(OCCCCNCCCCCN)cc6)cc5)CC[C@]4(C)[C@H]3CC[C@]12C. The zero-order valence-corrected chi connectivity index (χ0v) is 35.6. The Morgan fingerprint density at radius 1 is 0.821 bits per heavy atom. The highest BCUT2D eigenvalue weighted by Gasteiger charge is 2.59. The van der Waals surface area contributed by atoms with Crippen molar-refractivity contribution in [1.29, 1.82) is 0 Å². The monoisotopic (exact) mass is 767 g/mol. The molecule has 8 atom stereocenters. The molecule has 7 heteroatoms. The van der Waals surface area contributed by atoms with E-state index in [1.165, 1.54) is 64.2 Å². The fraction of sp³-hybridized carbons (Fsp3) is 0.694. The summed E-state index contributed by atoms with van der Waals surface area (Å²) in [6.45, 7) is 16.1. The Bertz CT molecular complexity index is 1590. The number of nitrogens with one attached hydrogen (secondary N) is 1. The van der Waals surface area contributed by atoms with Crippen molar-refractivity contribution < 1.29 is 14.3 Å². The average molecular weight is 767 g/mol. The van der Waals surface area contributed by atoms with Gasteiger partial charge in [0.2, 0.25) is 0 Å². The quantitative estimate of drug-likeness (QED) is 0.0605. The van der Waals surface area contributed by atoms with Crippen LogP contribution in [0.15, 0.2) is 70.4 Å². The number of nitrogens with two attached hydrogens (primary N) is 1. The zero-order valence-electron chi connectivity index (χ0n) is 35.6. The van der Waals surface area contributed by atoms with E-state index in [-0.39, 0.29) is 17.5 Å². The van der Waals surface area contributed by atoms with Crippen molar-refractivity contribution in [1.82, 2.24) is 5.32 Å². The van der Waals surface area contributed by atoms with Gasteiger partial charge in [-0.05, 0) is 185 Å². The number of rotatable bonds is 20. The van der Waals surface area contributed by atoms with Gasteiger partial charge in [-0.3, -0.25) is 0 Å². The van der Waals surface area contributed by atoms with Crippen LogP contribution in [0.1, 0.15) is 148 Å². The summed E-state index contributed by atoms with van der Waals surface area (Å²) in [5, 5.41) is 12.3. The summed E-state index contributed by atoms with van der Waals surface area (Å²) >= 11 is 0. The van der Waals surface area contributed by atoms with E-state index in [4.69, 9.17) is 15.2 Å². The third kappa shape index (κ3) is 10.5. The second kappa shape index (κ2) is 20.1. The van der Waals surface area contributed by atoms with Crippen molar-refractivity contribution in [2.45, 2.75) is 143 Å². The van der Waals surface area contributed by atoms with E-state index in [0.29, 0.717) is 23.3 Å². The first-order chi connectivity index (χ1) is 27.1. The molecule has 3 fully saturated rings. The number of azo groups is 1. The van der Waals surface area contributed by atoms with Crippen LogP contribution in [0.25, 0.3) is 0 Å². The van der Waals surface area contributed by atoms with Gasteiger partial charge in [0.15, 0.2) is 0 Å². The molecule has 4 aliphatic carbocycles. The molecule has 6 rings (SSSR count). The van der Waals surface area contributed by atoms with E-state index < -0.39 is 0 Å². The lowest BCUT2D eigenvalue weighted by atomic mass is 9.47. The molecule has 0 aromatic heterocycles. The molecule has 0 saturated heterocycles. The zero-order chi connectivity index (χ0) is 39.5. The lowest BCUT2D eigenvalue weighted by Gasteiger charge is -2.58. The topological polar surface area (TPSA) is 98.3 Å². The van der Waals surface area contributed by atoms with Crippen molar-refractivity contribution in [2.75, 3.05) is 26.2 Å². The Labute approximate surface area is 339 Å². The summed E-state index contributed by atoms with van der Waals surface area (Å²) in [4.78, 5) is 13.3. The third-order valence-electron chi connectivity index (χ3n) is 14.8. The van der Waals surface area contributed by atoms with Crippen molar-refractivity contribution in [3.63, 3.8) is 0 Å². The number of hydrogen-bond donors (Lipinski definition) is 2. The molecule has 3 saturated carbocycles. The maximum absolute atomic E-state index is 13.3. The molecule has 2 aromatic rings. The van der Waals surface area contributed by atoms with Crippen LogP contribution in [-0.4, -0.2) is 38.3 Å². The minimum Gasteiger partial charge on any atom is -0.494 e. The van der Waals surface area contributed by atoms with E-state index in [0.717, 1.165) is 105 Å². The van der Waals surface area contributed by atoms with Gasteiger partial charge >= 0.3 is 5.97 Å². The van der Waals surface area contributed by atoms with Crippen LogP contribution >= 0.6 is 0 Å². The predicted molar refractivity (Wildman–Crippen MR) is 230 cm³/mol. The van der Waals surface area contributed by atoms with Crippen LogP contribution in [0.5, 0.6) is 5.75 Å². The van der Waals surface area contributed by atoms with Gasteiger partial charge in [-0.25, -0.2) is 4.79 Å². The maximum Gasteiger partial charge on any atom is 0.338 e. The standard InChI is InChI=1S/C49H74N4O3/c1-35(2)12-11-13-36(3)44-24-25-45-43-23-16-38-34-42(26-28-48(38,4)46(43)27-29-49(44,45)5)56-47(54)37-14-17-39(18-15-37)52-53-40-19-21-41(22-20-40)55-33-10-9-32-51-31-8-6-7-30-50/h14-22,35-36,42-46,51H,6-13,23-34,50H2,1-5H3/t36-,42+,43+,44-,45+,46+,48+,49-/m1/s1. The summed E-state index contributed by atoms with van der Waals surface area (Å²) in [6.07, 6.45) is 22.1. The van der Waals surface area contributed by atoms with Crippen LogP contribution in [0.2, 0.25) is 0 Å². The lowest BCUT2D eigenvalue weighted by Crippen LogP contribution is -2.51. The van der Waals surface area contributed by atoms with Crippen LogP contribution in [-0.2, 0) is 4.74 Å². The van der Waals surface area contributed by atoms with Crippen LogP contribution in [0.4, 0.5) is 11.4 Å². The molecule has 0 bridgehead atoms. The number of ether oxygens (including phenoxy) is 2. The Hall–Kier alpha value is -3.03. The number of benzene rings is 2. The Kier molecular flexibility index (Phi) is 15.3. The molecule has 0 heterocycles. The normalized spacial score (nSPS) is 29.1. The molecule has 2 aromatic carbocycles. The van der Waals surface area contributed by atoms with Crippen LogP contribution < -0.4 is 15.8 Å². The predicted octanol–water partition coefficient (Wildman–Crippen LogP) is 12.5. The van der Waals surface area contributed by atoms with Crippen molar-refractivity contribution in [3.05, 3.63) is 65.7 Å². The van der Waals surface area contributed by atoms with E-state index in [9.17, 15) is 4.79 Å². The average Bonchev–Trinajstić information content (AvgIpc) is 3.56. The summed E-state index contributed by atoms with van der Waals surface area (Å²) in [5.41, 5.74) is 9.88. The van der Waals surface area contributed by atoms with Gasteiger partial charge in [-0.15, -0.1) is 0 Å². The van der Waals surface area contributed by atoms with E-state index >= 15 is 0 Å². The highest BCUT2D eigenvalue weighted by atomic mass is 16.5. The van der Waals surface area contributed by atoms with E-state index in [1.807, 2.05) is 48.5 Å². The summed E-state index contributed by atoms with van der Waals surface area (Å²) < 4.78 is 12.1. The second-order valence-electron chi connectivity index (χ2n) is 19.0. The fourth-order valence-corrected chi connectivity index (χ4v) is 11.6. The van der Waals surface area contributed by atoms with Gasteiger partial charge < -0.3 is 20.5 Å². The fourth-order valence-electron chi connectivity index (χ4n) is 11.6. The van der Waals surface area contributed by atoms with Crippen molar-refractivity contribution >= 4 is 17.3 Å². The number of carbonyl (C=O) groups is 1. The third-order valence-corrected chi connectivity index (χ3v) is 14.8. The van der Waals surface area contributed by atoms with Gasteiger partial charge in [-0.1, -0.05) is 72.0 Å². The molecular weight excluding hydrogens is 693 g/mol. The van der Waals surface area contributed by atoms with Gasteiger partial charge in [0.25, 0.3) is 0 Å². The number of carbonyl (C=O) groups excluding carboxylic acids is 1. The van der Waals surface area contributed by atoms with Crippen LogP contribution in [0, 0.1) is 46.3 Å². The smallest absolute Gasteiger partial charge is 0.338 e. The Balaban J connectivity index is 0.936. The molecule has 3 N–H and O–H groups in total. The molecule has 0 aliphatic heterocycles. The molecule has 0 amide bonds. The number of esters is 1. The first-order valence-electron chi connectivity index (χ1n) is 22.7. The van der Waals surface area contributed by atoms with Gasteiger partial charge in [0.05, 0.1) is 23.5 Å². The molecule has 0 spiro atoms. The van der Waals surface area contributed by atoms with E-state index in [1.54, 1.807) is 5.57 Å². The maximum atomic E-state index is 13.3. The van der Waals surface area contributed by atoms with Gasteiger partial charge in [0, 0.05) is 6.42 Å². The summed E-state index contributed by atoms with van der Waals surface area (Å²) in [6, 6.07) is 15.0. The highest BCUT2D eigenvalue weighted by molar-refractivity contribution is 5.89. The number of unbranched alkanes of at least 4 members (excludes halogenated alkanes) is 3. The molecular formula is C49H74N4O3. The first-order valence-corrected chi connectivity index (χ1v) is 22.7. The molecule has 7 nitrogen and oxygen atoms in total. The van der Waals surface area contributed by atoms with Crippen molar-refractivity contribution in [3.8, 4) is 5.75 Å². The minimum absolute atomic E-state index is 0.0558. The van der Waals surface area contributed by atoms with Crippen LogP contribution in [0.3, 0.4) is 0 Å².